The fourth-order valence-corrected chi connectivity index (χ4v) is 4.69. The van der Waals surface area contributed by atoms with Crippen molar-refractivity contribution in [2.24, 2.45) is 0 Å². The van der Waals surface area contributed by atoms with E-state index in [2.05, 4.69) is 61.9 Å². The zero-order valence-electron chi connectivity index (χ0n) is 19.1. The van der Waals surface area contributed by atoms with Crippen molar-refractivity contribution in [2.75, 3.05) is 19.4 Å². The fraction of sp³-hybridized carbons (Fsp3) is 0.240. The van der Waals surface area contributed by atoms with Gasteiger partial charge < -0.3 is 14.8 Å². The number of halogens is 1. The summed E-state index contributed by atoms with van der Waals surface area (Å²) in [6.07, 6.45) is 0. The highest BCUT2D eigenvalue weighted by Crippen LogP contribution is 2.37. The highest BCUT2D eigenvalue weighted by molar-refractivity contribution is 9.10. The topological polar surface area (TPSA) is 74.1 Å². The third-order valence-electron chi connectivity index (χ3n) is 5.11. The van der Waals surface area contributed by atoms with Crippen LogP contribution in [0.5, 0.6) is 11.5 Å². The summed E-state index contributed by atoms with van der Waals surface area (Å²) in [5.74, 6) is 2.27. The number of tetrazole rings is 1. The Balaban J connectivity index is 1.36. The maximum Gasteiger partial charge on any atom is 0.214 e. The van der Waals surface area contributed by atoms with Crippen LogP contribution in [-0.2, 0) is 13.2 Å². The van der Waals surface area contributed by atoms with E-state index in [4.69, 9.17) is 9.47 Å². The second-order valence-corrected chi connectivity index (χ2v) is 9.49. The van der Waals surface area contributed by atoms with E-state index in [-0.39, 0.29) is 0 Å². The lowest BCUT2D eigenvalue weighted by atomic mass is 10.1. The van der Waals surface area contributed by atoms with Crippen molar-refractivity contribution in [3.8, 4) is 17.2 Å². The van der Waals surface area contributed by atoms with Crippen molar-refractivity contribution < 1.29 is 9.47 Å². The molecular weight excluding hydrogens is 514 g/mol. The molecule has 1 heterocycles. The molecule has 0 fully saturated rings. The normalized spacial score (nSPS) is 10.9. The zero-order valence-corrected chi connectivity index (χ0v) is 21.5. The molecule has 0 unspecified atom stereocenters. The molecule has 3 aromatic carbocycles. The SMILES string of the molecule is COc1ccc(Br)c(CNCCSc2nnnn2-c2ccccc2)c1OCc1cccc(C)c1. The molecule has 0 saturated carbocycles. The number of nitrogens with zero attached hydrogens (tertiary/aromatic N) is 4. The number of rotatable bonds is 11. The smallest absolute Gasteiger partial charge is 0.214 e. The minimum absolute atomic E-state index is 0.472. The van der Waals surface area contributed by atoms with E-state index in [1.807, 2.05) is 48.5 Å². The van der Waals surface area contributed by atoms with Crippen LogP contribution in [0.1, 0.15) is 16.7 Å². The lowest BCUT2D eigenvalue weighted by Gasteiger charge is -2.17. The summed E-state index contributed by atoms with van der Waals surface area (Å²) in [4.78, 5) is 0. The summed E-state index contributed by atoms with van der Waals surface area (Å²) < 4.78 is 14.5. The molecule has 1 aromatic heterocycles. The van der Waals surface area contributed by atoms with Gasteiger partial charge in [-0.3, -0.25) is 0 Å². The first-order valence-electron chi connectivity index (χ1n) is 10.9. The number of aryl methyl sites for hydroxylation is 1. The van der Waals surface area contributed by atoms with Gasteiger partial charge in [0.05, 0.1) is 12.8 Å². The number of hydrogen-bond donors (Lipinski definition) is 1. The van der Waals surface area contributed by atoms with Crippen LogP contribution in [0.2, 0.25) is 0 Å². The van der Waals surface area contributed by atoms with Gasteiger partial charge in [0.2, 0.25) is 5.16 Å². The first-order chi connectivity index (χ1) is 16.7. The minimum atomic E-state index is 0.472. The Morgan fingerprint density at radius 3 is 2.71 bits per heavy atom. The van der Waals surface area contributed by atoms with E-state index in [1.54, 1.807) is 23.6 Å². The van der Waals surface area contributed by atoms with E-state index >= 15 is 0 Å². The minimum Gasteiger partial charge on any atom is -0.493 e. The lowest BCUT2D eigenvalue weighted by Crippen LogP contribution is -2.18. The molecule has 1 N–H and O–H groups in total. The third-order valence-corrected chi connectivity index (χ3v) is 6.77. The molecule has 0 amide bonds. The van der Waals surface area contributed by atoms with Gasteiger partial charge in [0.15, 0.2) is 11.5 Å². The Kier molecular flexibility index (Phi) is 8.56. The summed E-state index contributed by atoms with van der Waals surface area (Å²) in [6.45, 7) is 3.95. The predicted octanol–water partition coefficient (Wildman–Crippen LogP) is 5.20. The molecule has 0 aliphatic heterocycles. The molecule has 0 atom stereocenters. The van der Waals surface area contributed by atoms with Crippen LogP contribution in [0.4, 0.5) is 0 Å². The summed E-state index contributed by atoms with van der Waals surface area (Å²) in [7, 11) is 1.66. The summed E-state index contributed by atoms with van der Waals surface area (Å²) in [5, 5.41) is 16.3. The predicted molar refractivity (Wildman–Crippen MR) is 138 cm³/mol. The van der Waals surface area contributed by atoms with Crippen LogP contribution in [0.15, 0.2) is 76.4 Å². The Hall–Kier alpha value is -2.88. The molecule has 34 heavy (non-hydrogen) atoms. The second kappa shape index (κ2) is 12.0. The van der Waals surface area contributed by atoms with Gasteiger partial charge in [0, 0.05) is 28.9 Å². The molecule has 0 saturated heterocycles. The highest BCUT2D eigenvalue weighted by Gasteiger charge is 2.15. The Morgan fingerprint density at radius 2 is 1.91 bits per heavy atom. The number of aromatic nitrogens is 4. The number of thioether (sulfide) groups is 1. The molecular formula is C25H26BrN5O2S. The van der Waals surface area contributed by atoms with Gasteiger partial charge in [-0.1, -0.05) is 75.7 Å². The van der Waals surface area contributed by atoms with E-state index in [0.29, 0.717) is 18.9 Å². The molecule has 0 bridgehead atoms. The first-order valence-corrected chi connectivity index (χ1v) is 12.6. The molecule has 9 heteroatoms. The van der Waals surface area contributed by atoms with Crippen molar-refractivity contribution in [3.05, 3.63) is 87.9 Å². The van der Waals surface area contributed by atoms with Crippen LogP contribution < -0.4 is 14.8 Å². The number of methoxy groups -OCH3 is 1. The molecule has 176 valence electrons. The summed E-state index contributed by atoms with van der Waals surface area (Å²) >= 11 is 5.28. The number of hydrogen-bond acceptors (Lipinski definition) is 7. The average molecular weight is 540 g/mol. The summed E-state index contributed by atoms with van der Waals surface area (Å²) in [5.41, 5.74) is 4.29. The average Bonchev–Trinajstić information content (AvgIpc) is 3.33. The third kappa shape index (κ3) is 6.16. The van der Waals surface area contributed by atoms with E-state index in [1.165, 1.54) is 5.56 Å². The number of benzene rings is 3. The molecule has 0 spiro atoms. The molecule has 0 aliphatic carbocycles. The molecule has 4 rings (SSSR count). The standard InChI is InChI=1S/C25H26BrN5O2S/c1-18-7-6-8-19(15-18)17-33-24-21(22(26)11-12-23(24)32-2)16-27-13-14-34-25-28-29-30-31(25)20-9-4-3-5-10-20/h3-12,15,27H,13-14,16-17H2,1-2H3. The molecule has 0 radical (unpaired) electrons. The van der Waals surface area contributed by atoms with Gasteiger partial charge in [-0.15, -0.1) is 5.10 Å². The molecule has 0 aliphatic rings. The van der Waals surface area contributed by atoms with Gasteiger partial charge in [-0.25, -0.2) is 0 Å². The van der Waals surface area contributed by atoms with Crippen LogP contribution in [0.25, 0.3) is 5.69 Å². The summed E-state index contributed by atoms with van der Waals surface area (Å²) in [6, 6.07) is 22.1. The van der Waals surface area contributed by atoms with Crippen molar-refractivity contribution in [2.45, 2.75) is 25.2 Å². The van der Waals surface area contributed by atoms with Crippen molar-refractivity contribution in [1.82, 2.24) is 25.5 Å². The van der Waals surface area contributed by atoms with Crippen LogP contribution in [0, 0.1) is 6.92 Å². The fourth-order valence-electron chi connectivity index (χ4n) is 3.45. The highest BCUT2D eigenvalue weighted by atomic mass is 79.9. The van der Waals surface area contributed by atoms with Crippen LogP contribution in [0.3, 0.4) is 0 Å². The van der Waals surface area contributed by atoms with E-state index < -0.39 is 0 Å². The van der Waals surface area contributed by atoms with E-state index in [9.17, 15) is 0 Å². The van der Waals surface area contributed by atoms with Gasteiger partial charge >= 0.3 is 0 Å². The maximum atomic E-state index is 6.23. The monoisotopic (exact) mass is 539 g/mol. The second-order valence-electron chi connectivity index (χ2n) is 7.57. The first kappa shape index (κ1) is 24.3. The van der Waals surface area contributed by atoms with E-state index in [0.717, 1.165) is 44.5 Å². The van der Waals surface area contributed by atoms with Crippen LogP contribution >= 0.6 is 27.7 Å². The van der Waals surface area contributed by atoms with Crippen LogP contribution in [-0.4, -0.2) is 39.6 Å². The Morgan fingerprint density at radius 1 is 1.06 bits per heavy atom. The van der Waals surface area contributed by atoms with Gasteiger partial charge in [0.1, 0.15) is 6.61 Å². The largest absolute Gasteiger partial charge is 0.493 e. The quantitative estimate of drug-likeness (QED) is 0.207. The molecule has 7 nitrogen and oxygen atoms in total. The molecule has 4 aromatic rings. The van der Waals surface area contributed by atoms with Crippen molar-refractivity contribution in [3.63, 3.8) is 0 Å². The zero-order chi connectivity index (χ0) is 23.8. The number of ether oxygens (including phenoxy) is 2. The van der Waals surface area contributed by atoms with Crippen molar-refractivity contribution >= 4 is 27.7 Å². The Labute approximate surface area is 212 Å². The lowest BCUT2D eigenvalue weighted by molar-refractivity contribution is 0.280. The number of para-hydroxylation sites is 1. The number of nitrogens with one attached hydrogen (secondary N) is 1. The Bertz CT molecular complexity index is 1220. The van der Waals surface area contributed by atoms with Gasteiger partial charge in [-0.2, -0.15) is 4.68 Å². The van der Waals surface area contributed by atoms with Gasteiger partial charge in [-0.05, 0) is 47.2 Å². The van der Waals surface area contributed by atoms with Crippen molar-refractivity contribution in [1.29, 1.82) is 0 Å². The van der Waals surface area contributed by atoms with Gasteiger partial charge in [0.25, 0.3) is 0 Å². The maximum absolute atomic E-state index is 6.23.